The number of morpholine rings is 1. The van der Waals surface area contributed by atoms with Crippen LogP contribution in [0.4, 0.5) is 5.13 Å². The zero-order valence-corrected chi connectivity index (χ0v) is 15.5. The highest BCUT2D eigenvalue weighted by atomic mass is 35.5. The highest BCUT2D eigenvalue weighted by Crippen LogP contribution is 2.23. The third-order valence-electron chi connectivity index (χ3n) is 3.65. The van der Waals surface area contributed by atoms with Crippen molar-refractivity contribution >= 4 is 46.4 Å². The lowest BCUT2D eigenvalue weighted by Crippen LogP contribution is -2.53. The summed E-state index contributed by atoms with van der Waals surface area (Å²) in [5, 5.41) is 7.35. The van der Waals surface area contributed by atoms with Crippen LogP contribution in [0.25, 0.3) is 0 Å². The van der Waals surface area contributed by atoms with E-state index in [9.17, 15) is 4.79 Å². The van der Waals surface area contributed by atoms with E-state index in [2.05, 4.69) is 15.6 Å². The van der Waals surface area contributed by atoms with Gasteiger partial charge < -0.3 is 15.4 Å². The summed E-state index contributed by atoms with van der Waals surface area (Å²) in [6.45, 7) is 3.20. The number of hydrogen-bond acceptors (Lipinski definition) is 5. The van der Waals surface area contributed by atoms with E-state index in [1.54, 1.807) is 6.20 Å². The van der Waals surface area contributed by atoms with E-state index in [-0.39, 0.29) is 30.5 Å². The molecular weight excluding hydrogens is 369 g/mol. The third kappa shape index (κ3) is 4.91. The molecule has 0 radical (unpaired) electrons. The van der Waals surface area contributed by atoms with Gasteiger partial charge in [-0.3, -0.25) is 4.79 Å². The van der Waals surface area contributed by atoms with Gasteiger partial charge in [0, 0.05) is 29.1 Å². The summed E-state index contributed by atoms with van der Waals surface area (Å²) in [5.41, 5.74) is 1.12. The Hall–Kier alpha value is -1.18. The number of hydrogen-bond donors (Lipinski definition) is 2. The van der Waals surface area contributed by atoms with Crippen LogP contribution in [-0.2, 0) is 16.0 Å². The van der Waals surface area contributed by atoms with Crippen LogP contribution in [0.15, 0.2) is 30.5 Å². The summed E-state index contributed by atoms with van der Waals surface area (Å²) in [6, 6.07) is 7.39. The summed E-state index contributed by atoms with van der Waals surface area (Å²) < 4.78 is 5.49. The summed E-state index contributed by atoms with van der Waals surface area (Å²) in [4.78, 5) is 17.6. The van der Waals surface area contributed by atoms with Gasteiger partial charge in [0.2, 0.25) is 5.91 Å². The molecular formula is C16H19Cl2N3O2S. The third-order valence-corrected chi connectivity index (χ3v) is 4.80. The molecule has 2 aromatic rings. The van der Waals surface area contributed by atoms with Gasteiger partial charge in [0.1, 0.15) is 6.04 Å². The molecule has 2 atom stereocenters. The van der Waals surface area contributed by atoms with Crippen LogP contribution in [0.2, 0.25) is 5.02 Å². The number of carbonyl (C=O) groups excluding carboxylic acids is 1. The van der Waals surface area contributed by atoms with Gasteiger partial charge in [0.25, 0.3) is 0 Å². The first-order valence-corrected chi connectivity index (χ1v) is 8.66. The van der Waals surface area contributed by atoms with E-state index in [1.165, 1.54) is 11.3 Å². The Morgan fingerprint density at radius 1 is 1.54 bits per heavy atom. The number of rotatable bonds is 4. The van der Waals surface area contributed by atoms with Crippen molar-refractivity contribution in [3.05, 3.63) is 45.9 Å². The quantitative estimate of drug-likeness (QED) is 0.845. The van der Waals surface area contributed by atoms with Gasteiger partial charge in [0.05, 0.1) is 12.7 Å². The highest BCUT2D eigenvalue weighted by molar-refractivity contribution is 7.15. The fraction of sp³-hybridized carbons (Fsp3) is 0.375. The second-order valence-electron chi connectivity index (χ2n) is 5.44. The SMILES string of the molecule is C[C@H]1OCCN[C@@H]1C(=O)Nc1ncc(Cc2cccc(Cl)c2)s1.Cl. The second-order valence-corrected chi connectivity index (χ2v) is 6.99. The number of aromatic nitrogens is 1. The predicted octanol–water partition coefficient (Wildman–Crippen LogP) is 3.12. The monoisotopic (exact) mass is 387 g/mol. The fourth-order valence-corrected chi connectivity index (χ4v) is 3.57. The van der Waals surface area contributed by atoms with Crippen molar-refractivity contribution in [3.63, 3.8) is 0 Å². The molecule has 130 valence electrons. The van der Waals surface area contributed by atoms with E-state index < -0.39 is 0 Å². The molecule has 1 aromatic heterocycles. The van der Waals surface area contributed by atoms with Crippen LogP contribution in [-0.4, -0.2) is 36.2 Å². The topological polar surface area (TPSA) is 63.2 Å². The molecule has 0 saturated carbocycles. The van der Waals surface area contributed by atoms with Crippen LogP contribution in [0, 0.1) is 0 Å². The maximum atomic E-state index is 12.3. The van der Waals surface area contributed by atoms with E-state index >= 15 is 0 Å². The lowest BCUT2D eigenvalue weighted by Gasteiger charge is -2.28. The van der Waals surface area contributed by atoms with Gasteiger partial charge in [-0.1, -0.05) is 23.7 Å². The second kappa shape index (κ2) is 8.78. The van der Waals surface area contributed by atoms with E-state index in [0.717, 1.165) is 21.9 Å². The summed E-state index contributed by atoms with van der Waals surface area (Å²) >= 11 is 7.47. The van der Waals surface area contributed by atoms with Gasteiger partial charge >= 0.3 is 0 Å². The lowest BCUT2D eigenvalue weighted by molar-refractivity contribution is -0.123. The minimum Gasteiger partial charge on any atom is -0.375 e. The number of nitrogens with one attached hydrogen (secondary N) is 2. The number of anilines is 1. The maximum absolute atomic E-state index is 12.3. The maximum Gasteiger partial charge on any atom is 0.245 e. The van der Waals surface area contributed by atoms with Crippen LogP contribution in [0.5, 0.6) is 0 Å². The summed E-state index contributed by atoms with van der Waals surface area (Å²) in [7, 11) is 0. The fourth-order valence-electron chi connectivity index (χ4n) is 2.51. The Morgan fingerprint density at radius 2 is 2.38 bits per heavy atom. The summed E-state index contributed by atoms with van der Waals surface area (Å²) in [5.74, 6) is -0.110. The molecule has 2 N–H and O–H groups in total. The molecule has 0 unspecified atom stereocenters. The van der Waals surface area contributed by atoms with Crippen LogP contribution in [0.3, 0.4) is 0 Å². The number of carbonyl (C=O) groups is 1. The van der Waals surface area contributed by atoms with Crippen molar-refractivity contribution in [2.45, 2.75) is 25.5 Å². The van der Waals surface area contributed by atoms with Crippen molar-refractivity contribution in [1.29, 1.82) is 0 Å². The standard InChI is InChI=1S/C16H18ClN3O2S.ClH/c1-10-14(18-5-6-22-10)15(21)20-16-19-9-13(23-16)8-11-3-2-4-12(17)7-11;/h2-4,7,9-10,14,18H,5-6,8H2,1H3,(H,19,20,21);1H/t10-,14+;/m1./s1. The summed E-state index contributed by atoms with van der Waals surface area (Å²) in [6.07, 6.45) is 2.39. The van der Waals surface area contributed by atoms with Crippen molar-refractivity contribution in [2.24, 2.45) is 0 Å². The Kier molecular flexibility index (Phi) is 7.01. The van der Waals surface area contributed by atoms with Crippen molar-refractivity contribution < 1.29 is 9.53 Å². The molecule has 8 heteroatoms. The van der Waals surface area contributed by atoms with Crippen LogP contribution < -0.4 is 10.6 Å². The average Bonchev–Trinajstić information content (AvgIpc) is 2.94. The normalized spacial score (nSPS) is 20.2. The zero-order chi connectivity index (χ0) is 16.2. The molecule has 0 aliphatic carbocycles. The number of thiazole rings is 1. The number of benzene rings is 1. The smallest absolute Gasteiger partial charge is 0.245 e. The minimum atomic E-state index is -0.343. The molecule has 1 aromatic carbocycles. The first kappa shape index (κ1) is 19.1. The van der Waals surface area contributed by atoms with Crippen molar-refractivity contribution in [2.75, 3.05) is 18.5 Å². The number of halogens is 2. The molecule has 0 bridgehead atoms. The van der Waals surface area contributed by atoms with Gasteiger partial charge in [-0.25, -0.2) is 4.98 Å². The molecule has 3 rings (SSSR count). The molecule has 1 saturated heterocycles. The first-order chi connectivity index (χ1) is 11.1. The van der Waals surface area contributed by atoms with Crippen LogP contribution in [0.1, 0.15) is 17.4 Å². The molecule has 1 fully saturated rings. The zero-order valence-electron chi connectivity index (χ0n) is 13.1. The Balaban J connectivity index is 0.00000208. The molecule has 1 aliphatic rings. The Bertz CT molecular complexity index is 695. The molecule has 5 nitrogen and oxygen atoms in total. The predicted molar refractivity (Wildman–Crippen MR) is 99.5 cm³/mol. The number of amides is 1. The molecule has 0 spiro atoms. The minimum absolute atomic E-state index is 0. The average molecular weight is 388 g/mol. The highest BCUT2D eigenvalue weighted by Gasteiger charge is 2.28. The number of nitrogens with zero attached hydrogens (tertiary/aromatic N) is 1. The van der Waals surface area contributed by atoms with Gasteiger partial charge in [0.15, 0.2) is 5.13 Å². The van der Waals surface area contributed by atoms with Crippen molar-refractivity contribution in [3.8, 4) is 0 Å². The molecule has 1 aliphatic heterocycles. The van der Waals surface area contributed by atoms with Crippen molar-refractivity contribution in [1.82, 2.24) is 10.3 Å². The van der Waals surface area contributed by atoms with Gasteiger partial charge in [-0.2, -0.15) is 0 Å². The number of ether oxygens (including phenoxy) is 1. The lowest BCUT2D eigenvalue weighted by atomic mass is 10.1. The van der Waals surface area contributed by atoms with E-state index in [4.69, 9.17) is 16.3 Å². The molecule has 1 amide bonds. The first-order valence-electron chi connectivity index (χ1n) is 7.47. The van der Waals surface area contributed by atoms with Crippen LogP contribution >= 0.6 is 35.3 Å². The van der Waals surface area contributed by atoms with E-state index in [0.29, 0.717) is 18.3 Å². The molecule has 2 heterocycles. The van der Waals surface area contributed by atoms with Gasteiger partial charge in [-0.05, 0) is 24.6 Å². The molecule has 24 heavy (non-hydrogen) atoms. The van der Waals surface area contributed by atoms with Gasteiger partial charge in [-0.15, -0.1) is 23.7 Å². The largest absolute Gasteiger partial charge is 0.375 e. The Labute approximate surface area is 156 Å². The Morgan fingerprint density at radius 3 is 3.12 bits per heavy atom. The van der Waals surface area contributed by atoms with E-state index in [1.807, 2.05) is 31.2 Å².